The van der Waals surface area contributed by atoms with E-state index in [2.05, 4.69) is 10.6 Å². The van der Waals surface area contributed by atoms with Gasteiger partial charge in [0, 0.05) is 13.1 Å². The van der Waals surface area contributed by atoms with E-state index >= 15 is 0 Å². The highest BCUT2D eigenvalue weighted by Crippen LogP contribution is 2.31. The lowest BCUT2D eigenvalue weighted by Gasteiger charge is -2.27. The standard InChI is InChI=1S/C24H27N3O9S/c1-3-34-23(29)20-16(25-24(30)26-21(20)18-7-6-12-35-18)14-36-22(28)15-8-9-17(33-2)19(13-15)37(31,32)27-10-4-5-11-27/h6-9,12-13,21H,3-5,10-11,14H2,1-2H3,(H2,25,26,30)/t21-/m0/s1. The highest BCUT2D eigenvalue weighted by molar-refractivity contribution is 7.89. The first-order valence-corrected chi connectivity index (χ1v) is 13.1. The molecular formula is C24H27N3O9S. The second-order valence-electron chi connectivity index (χ2n) is 8.21. The predicted octanol–water partition coefficient (Wildman–Crippen LogP) is 2.10. The highest BCUT2D eigenvalue weighted by atomic mass is 32.2. The molecule has 0 radical (unpaired) electrons. The molecule has 0 spiro atoms. The van der Waals surface area contributed by atoms with Crippen LogP contribution >= 0.6 is 0 Å². The Bertz CT molecular complexity index is 1310. The summed E-state index contributed by atoms with van der Waals surface area (Å²) >= 11 is 0. The molecule has 0 saturated carbocycles. The number of esters is 2. The summed E-state index contributed by atoms with van der Waals surface area (Å²) in [5, 5.41) is 5.08. The van der Waals surface area contributed by atoms with Gasteiger partial charge in [-0.1, -0.05) is 0 Å². The van der Waals surface area contributed by atoms with Gasteiger partial charge >= 0.3 is 18.0 Å². The third kappa shape index (κ3) is 5.47. The fourth-order valence-corrected chi connectivity index (χ4v) is 5.84. The maximum Gasteiger partial charge on any atom is 0.338 e. The first kappa shape index (κ1) is 26.2. The lowest BCUT2D eigenvalue weighted by atomic mass is 10.0. The summed E-state index contributed by atoms with van der Waals surface area (Å²) in [7, 11) is -2.54. The van der Waals surface area contributed by atoms with Crippen LogP contribution in [0.15, 0.2) is 57.2 Å². The molecule has 0 aliphatic carbocycles. The number of benzene rings is 1. The van der Waals surface area contributed by atoms with Crippen LogP contribution in [0.4, 0.5) is 4.79 Å². The second-order valence-corrected chi connectivity index (χ2v) is 10.1. The number of amides is 2. The number of ether oxygens (including phenoxy) is 3. The van der Waals surface area contributed by atoms with Gasteiger partial charge < -0.3 is 29.3 Å². The summed E-state index contributed by atoms with van der Waals surface area (Å²) in [6.45, 7) is 1.99. The van der Waals surface area contributed by atoms with Crippen molar-refractivity contribution < 1.29 is 41.4 Å². The van der Waals surface area contributed by atoms with Crippen molar-refractivity contribution in [1.82, 2.24) is 14.9 Å². The molecule has 2 N–H and O–H groups in total. The van der Waals surface area contributed by atoms with Gasteiger partial charge in [-0.25, -0.2) is 22.8 Å². The molecule has 2 amide bonds. The van der Waals surface area contributed by atoms with E-state index in [4.69, 9.17) is 18.6 Å². The lowest BCUT2D eigenvalue weighted by Crippen LogP contribution is -2.47. The molecule has 2 aromatic rings. The van der Waals surface area contributed by atoms with Gasteiger partial charge in [-0.05, 0) is 50.1 Å². The normalized spacial score (nSPS) is 18.2. The number of nitrogens with zero attached hydrogens (tertiary/aromatic N) is 1. The quantitative estimate of drug-likeness (QED) is 0.461. The molecule has 2 aliphatic heterocycles. The molecule has 2 aliphatic rings. The van der Waals surface area contributed by atoms with Crippen molar-refractivity contribution in [3.05, 3.63) is 59.2 Å². The molecule has 1 saturated heterocycles. The van der Waals surface area contributed by atoms with Gasteiger partial charge in [0.05, 0.1) is 36.8 Å². The Labute approximate surface area is 213 Å². The van der Waals surface area contributed by atoms with Crippen LogP contribution in [0.5, 0.6) is 5.75 Å². The third-order valence-electron chi connectivity index (χ3n) is 5.91. The highest BCUT2D eigenvalue weighted by Gasteiger charge is 2.36. The summed E-state index contributed by atoms with van der Waals surface area (Å²) < 4.78 is 48.7. The Morgan fingerprint density at radius 1 is 1.14 bits per heavy atom. The Morgan fingerprint density at radius 2 is 1.89 bits per heavy atom. The van der Waals surface area contributed by atoms with Crippen LogP contribution in [0.2, 0.25) is 0 Å². The van der Waals surface area contributed by atoms with E-state index in [1.54, 1.807) is 19.1 Å². The minimum absolute atomic E-state index is 0.00961. The first-order chi connectivity index (χ1) is 17.8. The second kappa shape index (κ2) is 11.0. The number of carbonyl (C=O) groups is 3. The van der Waals surface area contributed by atoms with Gasteiger partial charge in [0.15, 0.2) is 0 Å². The van der Waals surface area contributed by atoms with Crippen LogP contribution in [0.25, 0.3) is 0 Å². The van der Waals surface area contributed by atoms with Crippen LogP contribution in [0, 0.1) is 0 Å². The number of methoxy groups -OCH3 is 1. The van der Waals surface area contributed by atoms with Crippen molar-refractivity contribution in [3.8, 4) is 5.75 Å². The number of rotatable bonds is 9. The predicted molar refractivity (Wildman–Crippen MR) is 128 cm³/mol. The van der Waals surface area contributed by atoms with Crippen molar-refractivity contribution in [2.24, 2.45) is 0 Å². The first-order valence-electron chi connectivity index (χ1n) is 11.6. The van der Waals surface area contributed by atoms with E-state index in [9.17, 15) is 22.8 Å². The van der Waals surface area contributed by atoms with Crippen LogP contribution in [-0.2, 0) is 24.3 Å². The van der Waals surface area contributed by atoms with Gasteiger partial charge in [-0.15, -0.1) is 0 Å². The van der Waals surface area contributed by atoms with E-state index in [-0.39, 0.29) is 39.8 Å². The van der Waals surface area contributed by atoms with Gasteiger partial charge in [0.2, 0.25) is 10.0 Å². The minimum atomic E-state index is -3.88. The minimum Gasteiger partial charge on any atom is -0.495 e. The molecule has 1 aromatic heterocycles. The Balaban J connectivity index is 1.61. The van der Waals surface area contributed by atoms with Crippen molar-refractivity contribution in [2.45, 2.75) is 30.7 Å². The third-order valence-corrected chi connectivity index (χ3v) is 7.83. The number of carbonyl (C=O) groups excluding carboxylic acids is 3. The average molecular weight is 534 g/mol. The van der Waals surface area contributed by atoms with Crippen LogP contribution in [0.1, 0.15) is 41.9 Å². The van der Waals surface area contributed by atoms with Gasteiger partial charge in [-0.3, -0.25) is 0 Å². The molecule has 1 atom stereocenters. The van der Waals surface area contributed by atoms with Crippen molar-refractivity contribution in [3.63, 3.8) is 0 Å². The fraction of sp³-hybridized carbons (Fsp3) is 0.375. The van der Waals surface area contributed by atoms with Gasteiger partial charge in [0.1, 0.15) is 29.1 Å². The average Bonchev–Trinajstić information content (AvgIpc) is 3.62. The number of sulfonamides is 1. The number of hydrogen-bond donors (Lipinski definition) is 2. The molecular weight excluding hydrogens is 506 g/mol. The summed E-state index contributed by atoms with van der Waals surface area (Å²) in [5.74, 6) is -1.21. The zero-order valence-corrected chi connectivity index (χ0v) is 21.1. The summed E-state index contributed by atoms with van der Waals surface area (Å²) in [5.41, 5.74) is -0.0219. The molecule has 13 heteroatoms. The summed E-state index contributed by atoms with van der Waals surface area (Å²) in [6.07, 6.45) is 2.89. The molecule has 12 nitrogen and oxygen atoms in total. The SMILES string of the molecule is CCOC(=O)C1=C(COC(=O)c2ccc(OC)c(S(=O)(=O)N3CCCC3)c2)NC(=O)N[C@H]1c1ccco1. The summed E-state index contributed by atoms with van der Waals surface area (Å²) in [4.78, 5) is 37.8. The Morgan fingerprint density at radius 3 is 2.54 bits per heavy atom. The molecule has 4 rings (SSSR count). The maximum absolute atomic E-state index is 13.1. The fourth-order valence-electron chi connectivity index (χ4n) is 4.14. The molecule has 0 bridgehead atoms. The van der Waals surface area contributed by atoms with Gasteiger partial charge in [-0.2, -0.15) is 4.31 Å². The topological polar surface area (TPSA) is 153 Å². The molecule has 198 valence electrons. The molecule has 37 heavy (non-hydrogen) atoms. The van der Waals surface area contributed by atoms with Crippen molar-refractivity contribution in [2.75, 3.05) is 33.4 Å². The van der Waals surface area contributed by atoms with Crippen molar-refractivity contribution in [1.29, 1.82) is 0 Å². The smallest absolute Gasteiger partial charge is 0.338 e. The van der Waals surface area contributed by atoms with E-state index < -0.39 is 40.6 Å². The van der Waals surface area contributed by atoms with E-state index in [0.717, 1.165) is 12.8 Å². The Kier molecular flexibility index (Phi) is 7.83. The zero-order chi connectivity index (χ0) is 26.6. The largest absolute Gasteiger partial charge is 0.495 e. The molecule has 1 fully saturated rings. The van der Waals surface area contributed by atoms with Crippen molar-refractivity contribution >= 4 is 28.0 Å². The number of urea groups is 1. The van der Waals surface area contributed by atoms with E-state index in [1.165, 1.54) is 35.9 Å². The monoisotopic (exact) mass is 533 g/mol. The van der Waals surface area contributed by atoms with Crippen LogP contribution < -0.4 is 15.4 Å². The van der Waals surface area contributed by atoms with E-state index in [1.807, 2.05) is 0 Å². The van der Waals surface area contributed by atoms with Crippen LogP contribution in [-0.4, -0.2) is 64.1 Å². The Hall–Kier alpha value is -3.84. The molecule has 3 heterocycles. The molecule has 0 unspecified atom stereocenters. The summed E-state index contributed by atoms with van der Waals surface area (Å²) in [6, 6.07) is 5.53. The maximum atomic E-state index is 13.1. The number of hydrogen-bond acceptors (Lipinski definition) is 9. The van der Waals surface area contributed by atoms with Crippen LogP contribution in [0.3, 0.4) is 0 Å². The van der Waals surface area contributed by atoms with E-state index in [0.29, 0.717) is 13.1 Å². The zero-order valence-electron chi connectivity index (χ0n) is 20.3. The molecule has 1 aromatic carbocycles. The lowest BCUT2D eigenvalue weighted by molar-refractivity contribution is -0.139. The van der Waals surface area contributed by atoms with Gasteiger partial charge in [0.25, 0.3) is 0 Å². The number of furan rings is 1. The number of nitrogens with one attached hydrogen (secondary N) is 2.